The number of aryl methyl sites for hydroxylation is 2. The molecule has 0 atom stereocenters. The molecule has 0 saturated carbocycles. The van der Waals surface area contributed by atoms with Gasteiger partial charge in [0.2, 0.25) is 0 Å². The minimum absolute atomic E-state index is 0.631. The molecule has 2 rings (SSSR count). The lowest BCUT2D eigenvalue weighted by Gasteiger charge is -2.12. The summed E-state index contributed by atoms with van der Waals surface area (Å²) in [5, 5.41) is 2.96. The molecule has 1 nitrogen and oxygen atoms in total. The summed E-state index contributed by atoms with van der Waals surface area (Å²) in [7, 11) is 0. The van der Waals surface area contributed by atoms with Crippen LogP contribution in [0.5, 0.6) is 5.75 Å². The van der Waals surface area contributed by atoms with E-state index < -0.39 is 0 Å². The fraction of sp³-hybridized carbons (Fsp3) is 0.286. The summed E-state index contributed by atoms with van der Waals surface area (Å²) in [5.41, 5.74) is 3.68. The van der Waals surface area contributed by atoms with Gasteiger partial charge in [0, 0.05) is 20.1 Å². The normalized spacial score (nSPS) is 10.7. The van der Waals surface area contributed by atoms with Gasteiger partial charge in [0.15, 0.2) is 0 Å². The van der Waals surface area contributed by atoms with Crippen molar-refractivity contribution in [1.82, 2.24) is 0 Å². The highest BCUT2D eigenvalue weighted by atomic mass is 79.9. The number of ether oxygens (including phenoxy) is 1. The molecule has 18 heavy (non-hydrogen) atoms. The Labute approximate surface area is 128 Å². The molecule has 2 aromatic rings. The first-order valence-electron chi connectivity index (χ1n) is 5.62. The van der Waals surface area contributed by atoms with Gasteiger partial charge in [-0.15, -0.1) is 11.3 Å². The van der Waals surface area contributed by atoms with Crippen molar-refractivity contribution in [3.05, 3.63) is 49.6 Å². The van der Waals surface area contributed by atoms with E-state index in [2.05, 4.69) is 69.3 Å². The van der Waals surface area contributed by atoms with Crippen molar-refractivity contribution in [2.45, 2.75) is 25.8 Å². The highest BCUT2D eigenvalue weighted by Gasteiger charge is 2.07. The van der Waals surface area contributed by atoms with E-state index in [0.29, 0.717) is 6.61 Å². The topological polar surface area (TPSA) is 9.23 Å². The summed E-state index contributed by atoms with van der Waals surface area (Å²) in [4.78, 5) is 1.23. The van der Waals surface area contributed by atoms with Crippen LogP contribution in [0.1, 0.15) is 21.6 Å². The van der Waals surface area contributed by atoms with E-state index in [9.17, 15) is 0 Å². The maximum Gasteiger partial charge on any atom is 0.125 e. The van der Waals surface area contributed by atoms with Crippen molar-refractivity contribution in [2.75, 3.05) is 0 Å². The minimum Gasteiger partial charge on any atom is -0.488 e. The first-order chi connectivity index (χ1) is 8.60. The van der Waals surface area contributed by atoms with Gasteiger partial charge in [-0.3, -0.25) is 0 Å². The van der Waals surface area contributed by atoms with E-state index in [1.807, 2.05) is 0 Å². The zero-order valence-electron chi connectivity index (χ0n) is 10.3. The van der Waals surface area contributed by atoms with Gasteiger partial charge < -0.3 is 4.74 Å². The zero-order chi connectivity index (χ0) is 13.1. The molecule has 0 spiro atoms. The Hall–Kier alpha value is -0.320. The van der Waals surface area contributed by atoms with Gasteiger partial charge in [-0.25, -0.2) is 0 Å². The highest BCUT2D eigenvalue weighted by molar-refractivity contribution is 9.10. The molecule has 0 fully saturated rings. The Kier molecular flexibility index (Phi) is 4.87. The second-order valence-electron chi connectivity index (χ2n) is 4.21. The number of thiophene rings is 1. The average Bonchev–Trinajstić information content (AvgIpc) is 2.73. The smallest absolute Gasteiger partial charge is 0.125 e. The summed E-state index contributed by atoms with van der Waals surface area (Å²) in [6.45, 7) is 4.82. The Bertz CT molecular complexity index is 525. The predicted molar refractivity (Wildman–Crippen MR) is 84.9 cm³/mol. The molecule has 1 aromatic heterocycles. The second kappa shape index (κ2) is 6.22. The minimum atomic E-state index is 0.631. The van der Waals surface area contributed by atoms with Crippen molar-refractivity contribution in [3.8, 4) is 5.75 Å². The maximum atomic E-state index is 5.94. The molecule has 1 heterocycles. The largest absolute Gasteiger partial charge is 0.488 e. The van der Waals surface area contributed by atoms with Crippen LogP contribution < -0.4 is 4.74 Å². The van der Waals surface area contributed by atoms with Gasteiger partial charge in [-0.2, -0.15) is 0 Å². The number of benzene rings is 1. The average molecular weight is 390 g/mol. The number of alkyl halides is 1. The van der Waals surface area contributed by atoms with Gasteiger partial charge >= 0.3 is 0 Å². The molecule has 0 aliphatic carbocycles. The zero-order valence-corrected chi connectivity index (χ0v) is 14.3. The quantitative estimate of drug-likeness (QED) is 0.618. The van der Waals surface area contributed by atoms with Crippen LogP contribution in [0, 0.1) is 13.8 Å². The molecule has 0 amide bonds. The SMILES string of the molecule is Cc1cc(CBr)cc(C)c1OCc1cc(Br)cs1. The lowest BCUT2D eigenvalue weighted by molar-refractivity contribution is 0.305. The monoisotopic (exact) mass is 388 g/mol. The fourth-order valence-corrected chi connectivity index (χ4v) is 3.60. The Morgan fingerprint density at radius 3 is 2.33 bits per heavy atom. The summed E-state index contributed by atoms with van der Waals surface area (Å²) in [6, 6.07) is 6.44. The number of rotatable bonds is 4. The Balaban J connectivity index is 2.14. The van der Waals surface area contributed by atoms with Gasteiger partial charge in [0.05, 0.1) is 0 Å². The van der Waals surface area contributed by atoms with Crippen molar-refractivity contribution < 1.29 is 4.74 Å². The molecule has 0 N–H and O–H groups in total. The standard InChI is InChI=1S/C14H14Br2OS/c1-9-3-11(6-15)4-10(2)14(9)17-7-13-5-12(16)8-18-13/h3-5,8H,6-7H2,1-2H3. The molecule has 96 valence electrons. The van der Waals surface area contributed by atoms with Crippen LogP contribution in [0.25, 0.3) is 0 Å². The second-order valence-corrected chi connectivity index (χ2v) is 6.68. The van der Waals surface area contributed by atoms with Crippen LogP contribution in [0.4, 0.5) is 0 Å². The van der Waals surface area contributed by atoms with Crippen molar-refractivity contribution in [3.63, 3.8) is 0 Å². The van der Waals surface area contributed by atoms with Crippen molar-refractivity contribution in [1.29, 1.82) is 0 Å². The van der Waals surface area contributed by atoms with E-state index in [4.69, 9.17) is 4.74 Å². The van der Waals surface area contributed by atoms with Crippen molar-refractivity contribution in [2.24, 2.45) is 0 Å². The lowest BCUT2D eigenvalue weighted by Crippen LogP contribution is -1.98. The Morgan fingerprint density at radius 1 is 1.17 bits per heavy atom. The van der Waals surface area contributed by atoms with Gasteiger partial charge in [0.1, 0.15) is 12.4 Å². The molecule has 0 radical (unpaired) electrons. The third kappa shape index (κ3) is 3.37. The van der Waals surface area contributed by atoms with Crippen molar-refractivity contribution >= 4 is 43.2 Å². The highest BCUT2D eigenvalue weighted by Crippen LogP contribution is 2.28. The Morgan fingerprint density at radius 2 is 1.83 bits per heavy atom. The third-order valence-electron chi connectivity index (χ3n) is 2.65. The fourth-order valence-electron chi connectivity index (χ4n) is 1.92. The molecule has 0 saturated heterocycles. The van der Waals surface area contributed by atoms with Crippen LogP contribution in [0.3, 0.4) is 0 Å². The molecule has 0 unspecified atom stereocenters. The summed E-state index contributed by atoms with van der Waals surface area (Å²) in [6.07, 6.45) is 0. The third-order valence-corrected chi connectivity index (χ3v) is 4.97. The molecule has 0 aliphatic rings. The van der Waals surface area contributed by atoms with E-state index in [1.165, 1.54) is 21.6 Å². The molecular formula is C14H14Br2OS. The first-order valence-corrected chi connectivity index (χ1v) is 8.41. The van der Waals surface area contributed by atoms with E-state index in [0.717, 1.165) is 15.6 Å². The summed E-state index contributed by atoms with van der Waals surface area (Å²) < 4.78 is 7.06. The summed E-state index contributed by atoms with van der Waals surface area (Å²) in [5.74, 6) is 1.00. The molecule has 0 aliphatic heterocycles. The van der Waals surface area contributed by atoms with Crippen LogP contribution >= 0.6 is 43.2 Å². The first kappa shape index (κ1) is 14.1. The molecule has 1 aromatic carbocycles. The van der Waals surface area contributed by atoms with E-state index in [1.54, 1.807) is 11.3 Å². The van der Waals surface area contributed by atoms with E-state index >= 15 is 0 Å². The number of hydrogen-bond donors (Lipinski definition) is 0. The number of halogens is 2. The van der Waals surface area contributed by atoms with Crippen LogP contribution in [0.2, 0.25) is 0 Å². The molecule has 0 bridgehead atoms. The molecular weight excluding hydrogens is 376 g/mol. The molecule has 4 heteroatoms. The van der Waals surface area contributed by atoms with Crippen LogP contribution in [-0.4, -0.2) is 0 Å². The maximum absolute atomic E-state index is 5.94. The van der Waals surface area contributed by atoms with Gasteiger partial charge in [0.25, 0.3) is 0 Å². The lowest BCUT2D eigenvalue weighted by atomic mass is 10.1. The van der Waals surface area contributed by atoms with E-state index in [-0.39, 0.29) is 0 Å². The van der Waals surface area contributed by atoms with Crippen LogP contribution in [-0.2, 0) is 11.9 Å². The van der Waals surface area contributed by atoms with Crippen LogP contribution in [0.15, 0.2) is 28.1 Å². The predicted octanol–water partition coefficient (Wildman–Crippen LogP) is 5.60. The van der Waals surface area contributed by atoms with Gasteiger partial charge in [-0.1, -0.05) is 28.1 Å². The summed E-state index contributed by atoms with van der Waals surface area (Å²) >= 11 is 8.65. The number of hydrogen-bond acceptors (Lipinski definition) is 2. The van der Waals surface area contributed by atoms with Gasteiger partial charge in [-0.05, 0) is 52.5 Å².